The lowest BCUT2D eigenvalue weighted by atomic mass is 10.2. The van der Waals surface area contributed by atoms with E-state index in [0.29, 0.717) is 23.0 Å². The Hall–Kier alpha value is -2.97. The summed E-state index contributed by atoms with van der Waals surface area (Å²) in [6.07, 6.45) is -2.75. The molecule has 0 atom stereocenters. The Labute approximate surface area is 142 Å². The van der Waals surface area contributed by atoms with Crippen molar-refractivity contribution in [1.82, 2.24) is 19.8 Å². The first kappa shape index (κ1) is 16.9. The van der Waals surface area contributed by atoms with Gasteiger partial charge in [0.25, 0.3) is 6.43 Å². The van der Waals surface area contributed by atoms with Crippen molar-refractivity contribution in [2.45, 2.75) is 26.4 Å². The summed E-state index contributed by atoms with van der Waals surface area (Å²) in [5.41, 5.74) is 0.922. The van der Waals surface area contributed by atoms with Gasteiger partial charge in [-0.15, -0.1) is 15.3 Å². The third-order valence-electron chi connectivity index (χ3n) is 3.28. The Morgan fingerprint density at radius 2 is 1.88 bits per heavy atom. The van der Waals surface area contributed by atoms with Crippen LogP contribution in [0.2, 0.25) is 0 Å². The summed E-state index contributed by atoms with van der Waals surface area (Å²) in [5, 5.41) is 14.3. The molecule has 0 unspecified atom stereocenters. The number of ether oxygens (including phenoxy) is 2. The van der Waals surface area contributed by atoms with Gasteiger partial charge in [0.2, 0.25) is 5.82 Å². The number of halogens is 2. The van der Waals surface area contributed by atoms with Gasteiger partial charge < -0.3 is 14.8 Å². The standard InChI is InChI=1S/C16H17F2N5O2/c1-9(2)25-11-5-4-10(8-12(11)24-3)19-13-6-7-14-20-21-16(15(17)18)23(14)22-13/h4-9,15H,1-3H3,(H,19,22). The molecule has 1 N–H and O–H groups in total. The highest BCUT2D eigenvalue weighted by Crippen LogP contribution is 2.32. The van der Waals surface area contributed by atoms with E-state index >= 15 is 0 Å². The van der Waals surface area contributed by atoms with Crippen molar-refractivity contribution >= 4 is 17.2 Å². The van der Waals surface area contributed by atoms with Gasteiger partial charge in [-0.25, -0.2) is 8.78 Å². The SMILES string of the molecule is COc1cc(Nc2ccc3nnc(C(F)F)n3n2)ccc1OC(C)C. The molecule has 0 aliphatic heterocycles. The minimum atomic E-state index is -2.76. The molecule has 0 saturated heterocycles. The molecule has 0 saturated carbocycles. The van der Waals surface area contributed by atoms with Gasteiger partial charge in [0, 0.05) is 11.8 Å². The Morgan fingerprint density at radius 3 is 2.56 bits per heavy atom. The number of alkyl halides is 2. The van der Waals surface area contributed by atoms with E-state index in [1.165, 1.54) is 0 Å². The number of rotatable bonds is 6. The van der Waals surface area contributed by atoms with Gasteiger partial charge in [0.15, 0.2) is 23.0 Å². The van der Waals surface area contributed by atoms with Crippen LogP contribution in [0, 0.1) is 0 Å². The lowest BCUT2D eigenvalue weighted by molar-refractivity contribution is 0.137. The van der Waals surface area contributed by atoms with Gasteiger partial charge in [0.1, 0.15) is 0 Å². The van der Waals surface area contributed by atoms with Crippen molar-refractivity contribution in [2.75, 3.05) is 12.4 Å². The van der Waals surface area contributed by atoms with E-state index in [0.717, 1.165) is 4.52 Å². The summed E-state index contributed by atoms with van der Waals surface area (Å²) < 4.78 is 37.8. The van der Waals surface area contributed by atoms with Gasteiger partial charge in [-0.3, -0.25) is 0 Å². The van der Waals surface area contributed by atoms with Crippen LogP contribution in [-0.2, 0) is 0 Å². The number of nitrogens with one attached hydrogen (secondary N) is 1. The van der Waals surface area contributed by atoms with Crippen molar-refractivity contribution in [3.63, 3.8) is 0 Å². The Bertz CT molecular complexity index is 882. The maximum atomic E-state index is 12.9. The molecule has 3 rings (SSSR count). The highest BCUT2D eigenvalue weighted by molar-refractivity contribution is 5.62. The van der Waals surface area contributed by atoms with E-state index in [1.54, 1.807) is 37.4 Å². The molecule has 7 nitrogen and oxygen atoms in total. The fourth-order valence-electron chi connectivity index (χ4n) is 2.25. The van der Waals surface area contributed by atoms with E-state index in [-0.39, 0.29) is 11.8 Å². The zero-order valence-electron chi connectivity index (χ0n) is 13.9. The maximum absolute atomic E-state index is 12.9. The van der Waals surface area contributed by atoms with Crippen molar-refractivity contribution in [3.8, 4) is 11.5 Å². The monoisotopic (exact) mass is 349 g/mol. The first-order valence-electron chi connectivity index (χ1n) is 7.60. The van der Waals surface area contributed by atoms with E-state index in [2.05, 4.69) is 20.6 Å². The molecule has 0 spiro atoms. The van der Waals surface area contributed by atoms with E-state index in [1.807, 2.05) is 13.8 Å². The number of nitrogens with zero attached hydrogens (tertiary/aromatic N) is 4. The van der Waals surface area contributed by atoms with Crippen molar-refractivity contribution in [1.29, 1.82) is 0 Å². The first-order chi connectivity index (χ1) is 12.0. The summed E-state index contributed by atoms with van der Waals surface area (Å²) in [6.45, 7) is 3.84. The quantitative estimate of drug-likeness (QED) is 0.733. The van der Waals surface area contributed by atoms with Crippen LogP contribution in [0.1, 0.15) is 26.1 Å². The van der Waals surface area contributed by atoms with Crippen LogP contribution in [0.15, 0.2) is 30.3 Å². The second-order valence-corrected chi connectivity index (χ2v) is 5.50. The number of aromatic nitrogens is 4. The number of hydrogen-bond donors (Lipinski definition) is 1. The molecule has 0 aliphatic carbocycles. The fourth-order valence-corrected chi connectivity index (χ4v) is 2.25. The zero-order valence-corrected chi connectivity index (χ0v) is 13.9. The minimum Gasteiger partial charge on any atom is -0.493 e. The smallest absolute Gasteiger partial charge is 0.299 e. The summed E-state index contributed by atoms with van der Waals surface area (Å²) in [4.78, 5) is 0. The Balaban J connectivity index is 1.89. The molecule has 2 heterocycles. The van der Waals surface area contributed by atoms with Crippen LogP contribution in [0.3, 0.4) is 0 Å². The molecular formula is C16H17F2N5O2. The Morgan fingerprint density at radius 1 is 1.08 bits per heavy atom. The average molecular weight is 349 g/mol. The lowest BCUT2D eigenvalue weighted by Crippen LogP contribution is -2.07. The van der Waals surface area contributed by atoms with E-state index in [9.17, 15) is 8.78 Å². The summed E-state index contributed by atoms with van der Waals surface area (Å²) >= 11 is 0. The lowest BCUT2D eigenvalue weighted by Gasteiger charge is -2.15. The molecule has 132 valence electrons. The predicted octanol–water partition coefficient (Wildman–Crippen LogP) is 3.60. The van der Waals surface area contributed by atoms with Crippen LogP contribution in [0.4, 0.5) is 20.3 Å². The molecule has 0 amide bonds. The Kier molecular flexibility index (Phi) is 4.64. The van der Waals surface area contributed by atoms with E-state index < -0.39 is 12.2 Å². The summed E-state index contributed by atoms with van der Waals surface area (Å²) in [5.74, 6) is 1.04. The first-order valence-corrected chi connectivity index (χ1v) is 7.60. The molecule has 25 heavy (non-hydrogen) atoms. The average Bonchev–Trinajstić information content (AvgIpc) is 2.99. The van der Waals surface area contributed by atoms with Gasteiger partial charge in [0.05, 0.1) is 13.2 Å². The van der Waals surface area contributed by atoms with Crippen LogP contribution in [0.5, 0.6) is 11.5 Å². The van der Waals surface area contributed by atoms with Gasteiger partial charge in [-0.1, -0.05) is 0 Å². The molecule has 1 aromatic carbocycles. The molecule has 0 bridgehead atoms. The van der Waals surface area contributed by atoms with Gasteiger partial charge in [-0.2, -0.15) is 4.52 Å². The number of hydrogen-bond acceptors (Lipinski definition) is 6. The topological polar surface area (TPSA) is 73.6 Å². The summed E-state index contributed by atoms with van der Waals surface area (Å²) in [6, 6.07) is 8.48. The molecule has 3 aromatic rings. The third-order valence-corrected chi connectivity index (χ3v) is 3.28. The number of fused-ring (bicyclic) bond motifs is 1. The summed E-state index contributed by atoms with van der Waals surface area (Å²) in [7, 11) is 1.54. The minimum absolute atomic E-state index is 0.0123. The molecule has 0 radical (unpaired) electrons. The van der Waals surface area contributed by atoms with Crippen molar-refractivity contribution < 1.29 is 18.3 Å². The van der Waals surface area contributed by atoms with E-state index in [4.69, 9.17) is 9.47 Å². The zero-order chi connectivity index (χ0) is 18.0. The third kappa shape index (κ3) is 3.59. The second-order valence-electron chi connectivity index (χ2n) is 5.50. The molecule has 9 heteroatoms. The van der Waals surface area contributed by atoms with Gasteiger partial charge in [-0.05, 0) is 38.1 Å². The number of benzene rings is 1. The van der Waals surface area contributed by atoms with Crippen LogP contribution < -0.4 is 14.8 Å². The predicted molar refractivity (Wildman–Crippen MR) is 87.8 cm³/mol. The largest absolute Gasteiger partial charge is 0.493 e. The van der Waals surface area contributed by atoms with Crippen molar-refractivity contribution in [2.24, 2.45) is 0 Å². The highest BCUT2D eigenvalue weighted by atomic mass is 19.3. The maximum Gasteiger partial charge on any atom is 0.299 e. The fraction of sp³-hybridized carbons (Fsp3) is 0.312. The van der Waals surface area contributed by atoms with Crippen LogP contribution in [0.25, 0.3) is 5.65 Å². The van der Waals surface area contributed by atoms with Crippen LogP contribution >= 0.6 is 0 Å². The number of anilines is 2. The molecule has 0 fully saturated rings. The molecular weight excluding hydrogens is 332 g/mol. The van der Waals surface area contributed by atoms with Crippen LogP contribution in [-0.4, -0.2) is 33.0 Å². The second kappa shape index (κ2) is 6.88. The van der Waals surface area contributed by atoms with Crippen molar-refractivity contribution in [3.05, 3.63) is 36.2 Å². The van der Waals surface area contributed by atoms with Gasteiger partial charge >= 0.3 is 0 Å². The highest BCUT2D eigenvalue weighted by Gasteiger charge is 2.17. The molecule has 0 aliphatic rings. The normalized spacial score (nSPS) is 11.3. The number of methoxy groups -OCH3 is 1. The molecule has 2 aromatic heterocycles.